The zero-order valence-corrected chi connectivity index (χ0v) is 11.6. The first kappa shape index (κ1) is 13.4. The third kappa shape index (κ3) is 2.66. The van der Waals surface area contributed by atoms with Gasteiger partial charge in [0, 0.05) is 5.39 Å². The summed E-state index contributed by atoms with van der Waals surface area (Å²) in [6, 6.07) is 12.7. The number of benzene rings is 2. The number of aromatic nitrogens is 2. The van der Waals surface area contributed by atoms with Crippen molar-refractivity contribution in [1.82, 2.24) is 10.2 Å². The van der Waals surface area contributed by atoms with Crippen molar-refractivity contribution >= 4 is 40.6 Å². The van der Waals surface area contributed by atoms with Crippen LogP contribution >= 0.6 is 11.6 Å². The van der Waals surface area contributed by atoms with E-state index in [1.807, 2.05) is 36.4 Å². The molecule has 0 bridgehead atoms. The van der Waals surface area contributed by atoms with Gasteiger partial charge in [-0.25, -0.2) is 4.79 Å². The number of carboxylic acid groups (broad SMARTS) is 1. The lowest BCUT2D eigenvalue weighted by Crippen LogP contribution is -1.96. The molecule has 0 spiro atoms. The normalized spacial score (nSPS) is 11.3. The Morgan fingerprint density at radius 1 is 1.19 bits per heavy atom. The highest BCUT2D eigenvalue weighted by Gasteiger charge is 2.08. The molecule has 0 aliphatic carbocycles. The minimum Gasteiger partial charge on any atom is -0.478 e. The van der Waals surface area contributed by atoms with Gasteiger partial charge in [0.2, 0.25) is 0 Å². The molecule has 0 aliphatic heterocycles. The van der Waals surface area contributed by atoms with E-state index in [2.05, 4.69) is 10.2 Å². The first-order valence-electron chi connectivity index (χ1n) is 6.29. The molecule has 1 aromatic heterocycles. The van der Waals surface area contributed by atoms with Crippen LogP contribution in [0, 0.1) is 0 Å². The van der Waals surface area contributed by atoms with E-state index in [1.54, 1.807) is 12.1 Å². The lowest BCUT2D eigenvalue weighted by molar-refractivity contribution is 0.0697. The number of aromatic carboxylic acids is 1. The van der Waals surface area contributed by atoms with E-state index in [9.17, 15) is 4.79 Å². The quantitative estimate of drug-likeness (QED) is 0.765. The third-order valence-corrected chi connectivity index (χ3v) is 3.47. The molecule has 0 aliphatic rings. The molecule has 104 valence electrons. The highest BCUT2D eigenvalue weighted by atomic mass is 35.5. The van der Waals surface area contributed by atoms with Crippen LogP contribution in [0.1, 0.15) is 21.6 Å². The third-order valence-electron chi connectivity index (χ3n) is 3.16. The van der Waals surface area contributed by atoms with Gasteiger partial charge < -0.3 is 5.11 Å². The van der Waals surface area contributed by atoms with E-state index < -0.39 is 5.97 Å². The number of aromatic amines is 1. The van der Waals surface area contributed by atoms with Gasteiger partial charge in [0.1, 0.15) is 0 Å². The standard InChI is InChI=1S/C16H11ClN2O2/c17-13-9-10(5-7-11(13)16(20)21)6-8-15-12-3-1-2-4-14(12)18-19-15/h1-9H,(H,18,19)(H,20,21)/b8-6+. The van der Waals surface area contributed by atoms with Crippen molar-refractivity contribution in [2.45, 2.75) is 0 Å². The van der Waals surface area contributed by atoms with Gasteiger partial charge in [-0.2, -0.15) is 5.10 Å². The van der Waals surface area contributed by atoms with Crippen molar-refractivity contribution in [2.24, 2.45) is 0 Å². The van der Waals surface area contributed by atoms with Gasteiger partial charge in [-0.05, 0) is 29.8 Å². The second-order valence-corrected chi connectivity index (χ2v) is 4.94. The number of carboxylic acids is 1. The van der Waals surface area contributed by atoms with Crippen molar-refractivity contribution in [3.05, 3.63) is 64.3 Å². The second-order valence-electron chi connectivity index (χ2n) is 4.53. The lowest BCUT2D eigenvalue weighted by atomic mass is 10.1. The molecule has 0 atom stereocenters. The largest absolute Gasteiger partial charge is 0.478 e. The summed E-state index contributed by atoms with van der Waals surface area (Å²) in [6.07, 6.45) is 3.71. The summed E-state index contributed by atoms with van der Waals surface area (Å²) in [4.78, 5) is 10.9. The van der Waals surface area contributed by atoms with Crippen LogP contribution in [0.2, 0.25) is 5.02 Å². The van der Waals surface area contributed by atoms with Crippen LogP contribution in [0.15, 0.2) is 42.5 Å². The van der Waals surface area contributed by atoms with Crippen LogP contribution in [0.4, 0.5) is 0 Å². The molecule has 5 heteroatoms. The Bertz CT molecular complexity index is 852. The van der Waals surface area contributed by atoms with Gasteiger partial charge in [-0.3, -0.25) is 5.10 Å². The average molecular weight is 299 g/mol. The number of hydrogen-bond acceptors (Lipinski definition) is 2. The van der Waals surface area contributed by atoms with E-state index in [-0.39, 0.29) is 10.6 Å². The molecule has 0 saturated heterocycles. The van der Waals surface area contributed by atoms with Gasteiger partial charge in [-0.15, -0.1) is 0 Å². The maximum absolute atomic E-state index is 10.9. The Morgan fingerprint density at radius 2 is 2.00 bits per heavy atom. The zero-order valence-electron chi connectivity index (χ0n) is 10.9. The Kier molecular flexibility index (Phi) is 3.46. The molecule has 3 aromatic rings. The van der Waals surface area contributed by atoms with Crippen molar-refractivity contribution in [2.75, 3.05) is 0 Å². The topological polar surface area (TPSA) is 66.0 Å². The van der Waals surface area contributed by atoms with Crippen LogP contribution in [0.25, 0.3) is 23.1 Å². The fraction of sp³-hybridized carbons (Fsp3) is 0. The monoisotopic (exact) mass is 298 g/mol. The van der Waals surface area contributed by atoms with E-state index in [0.717, 1.165) is 22.2 Å². The molecule has 4 nitrogen and oxygen atoms in total. The zero-order chi connectivity index (χ0) is 14.8. The fourth-order valence-corrected chi connectivity index (χ4v) is 2.37. The SMILES string of the molecule is O=C(O)c1ccc(/C=C/c2n[nH]c3ccccc23)cc1Cl. The van der Waals surface area contributed by atoms with Gasteiger partial charge in [0.05, 0.1) is 21.8 Å². The molecule has 21 heavy (non-hydrogen) atoms. The van der Waals surface area contributed by atoms with Crippen LogP contribution in [-0.2, 0) is 0 Å². The van der Waals surface area contributed by atoms with Crippen molar-refractivity contribution in [3.8, 4) is 0 Å². The maximum Gasteiger partial charge on any atom is 0.337 e. The molecular formula is C16H11ClN2O2. The highest BCUT2D eigenvalue weighted by Crippen LogP contribution is 2.21. The van der Waals surface area contributed by atoms with E-state index in [0.29, 0.717) is 0 Å². The number of nitrogens with one attached hydrogen (secondary N) is 1. The minimum absolute atomic E-state index is 0.0963. The van der Waals surface area contributed by atoms with Gasteiger partial charge in [0.15, 0.2) is 0 Å². The minimum atomic E-state index is -1.03. The molecule has 2 N–H and O–H groups in total. The van der Waals surface area contributed by atoms with Gasteiger partial charge in [-0.1, -0.05) is 41.9 Å². The molecule has 2 aromatic carbocycles. The molecule has 0 unspecified atom stereocenters. The number of rotatable bonds is 3. The molecule has 0 amide bonds. The number of carbonyl (C=O) groups is 1. The summed E-state index contributed by atoms with van der Waals surface area (Å²) in [6.45, 7) is 0. The Hall–Kier alpha value is -2.59. The lowest BCUT2D eigenvalue weighted by Gasteiger charge is -1.99. The summed E-state index contributed by atoms with van der Waals surface area (Å²) < 4.78 is 0. The van der Waals surface area contributed by atoms with Crippen LogP contribution in [0.3, 0.4) is 0 Å². The predicted molar refractivity (Wildman–Crippen MR) is 83.4 cm³/mol. The first-order valence-corrected chi connectivity index (χ1v) is 6.67. The highest BCUT2D eigenvalue weighted by molar-refractivity contribution is 6.33. The second kappa shape index (κ2) is 5.42. The van der Waals surface area contributed by atoms with E-state index in [4.69, 9.17) is 16.7 Å². The molecule has 0 saturated carbocycles. The molecule has 0 fully saturated rings. The van der Waals surface area contributed by atoms with Crippen LogP contribution in [-0.4, -0.2) is 21.3 Å². The molecule has 1 heterocycles. The summed E-state index contributed by atoms with van der Waals surface area (Å²) in [5.74, 6) is -1.03. The van der Waals surface area contributed by atoms with Gasteiger partial charge >= 0.3 is 5.97 Å². The molecular weight excluding hydrogens is 288 g/mol. The molecule has 0 radical (unpaired) electrons. The number of nitrogens with zero attached hydrogens (tertiary/aromatic N) is 1. The number of halogens is 1. The van der Waals surface area contributed by atoms with E-state index >= 15 is 0 Å². The first-order chi connectivity index (χ1) is 10.1. The number of fused-ring (bicyclic) bond motifs is 1. The Morgan fingerprint density at radius 3 is 2.76 bits per heavy atom. The number of para-hydroxylation sites is 1. The fourth-order valence-electron chi connectivity index (χ4n) is 2.10. The van der Waals surface area contributed by atoms with Crippen molar-refractivity contribution in [3.63, 3.8) is 0 Å². The summed E-state index contributed by atoms with van der Waals surface area (Å²) in [5.41, 5.74) is 2.71. The molecule has 3 rings (SSSR count). The van der Waals surface area contributed by atoms with Crippen LogP contribution in [0.5, 0.6) is 0 Å². The number of hydrogen-bond donors (Lipinski definition) is 2. The van der Waals surface area contributed by atoms with Crippen molar-refractivity contribution in [1.29, 1.82) is 0 Å². The van der Waals surface area contributed by atoms with Gasteiger partial charge in [0.25, 0.3) is 0 Å². The maximum atomic E-state index is 10.9. The summed E-state index contributed by atoms with van der Waals surface area (Å²) in [5, 5.41) is 17.4. The Balaban J connectivity index is 1.93. The summed E-state index contributed by atoms with van der Waals surface area (Å²) >= 11 is 5.94. The number of H-pyrrole nitrogens is 1. The Labute approximate surface area is 125 Å². The van der Waals surface area contributed by atoms with Crippen molar-refractivity contribution < 1.29 is 9.90 Å². The predicted octanol–water partition coefficient (Wildman–Crippen LogP) is 4.08. The smallest absolute Gasteiger partial charge is 0.337 e. The average Bonchev–Trinajstić information content (AvgIpc) is 2.88. The van der Waals surface area contributed by atoms with Crippen LogP contribution < -0.4 is 0 Å². The summed E-state index contributed by atoms with van der Waals surface area (Å²) in [7, 11) is 0. The van der Waals surface area contributed by atoms with E-state index in [1.165, 1.54) is 6.07 Å².